The number of piperidine rings is 3. The Balaban J connectivity index is 1.46. The number of rotatable bonds is 3. The Hall–Kier alpha value is -1.56. The Morgan fingerprint density at radius 1 is 1.25 bits per heavy atom. The van der Waals surface area contributed by atoms with Gasteiger partial charge in [0, 0.05) is 6.54 Å². The fourth-order valence-corrected chi connectivity index (χ4v) is 4.77. The zero-order valence-corrected chi connectivity index (χ0v) is 14.8. The summed E-state index contributed by atoms with van der Waals surface area (Å²) < 4.78 is 6.34. The van der Waals surface area contributed by atoms with Crippen molar-refractivity contribution in [3.05, 3.63) is 40.7 Å². The van der Waals surface area contributed by atoms with Crippen LogP contribution in [0, 0.1) is 5.92 Å². The number of nitrogens with zero attached hydrogens (tertiary/aromatic N) is 1. The van der Waals surface area contributed by atoms with E-state index in [1.54, 1.807) is 6.07 Å². The van der Waals surface area contributed by atoms with Crippen molar-refractivity contribution in [2.45, 2.75) is 18.9 Å². The molecule has 6 heteroatoms. The van der Waals surface area contributed by atoms with Gasteiger partial charge in [-0.1, -0.05) is 41.9 Å². The van der Waals surface area contributed by atoms with Crippen molar-refractivity contribution < 1.29 is 9.53 Å². The summed E-state index contributed by atoms with van der Waals surface area (Å²) in [4.78, 5) is 15.7. The van der Waals surface area contributed by atoms with Gasteiger partial charge in [-0.3, -0.25) is 10.2 Å². The standard InChI is InChI=1S/C18H19ClN2O2S/c19-16-10-14(17(24-16)13-4-2-1-3-5-13)20-18(22)23-15-11-21-8-6-12(15)7-9-21/h1-5,10,12,15H,6-9,11H2,(H,20,22)/t15-/m0/s1. The summed E-state index contributed by atoms with van der Waals surface area (Å²) in [5.74, 6) is 0.500. The minimum absolute atomic E-state index is 0.00165. The molecule has 24 heavy (non-hydrogen) atoms. The van der Waals surface area contributed by atoms with Gasteiger partial charge < -0.3 is 4.74 Å². The molecule has 2 bridgehead atoms. The summed E-state index contributed by atoms with van der Waals surface area (Å²) in [6.07, 6.45) is 1.86. The average Bonchev–Trinajstić information content (AvgIpc) is 2.97. The zero-order valence-electron chi connectivity index (χ0n) is 13.2. The first-order valence-corrected chi connectivity index (χ1v) is 9.43. The van der Waals surface area contributed by atoms with Gasteiger partial charge in [-0.2, -0.15) is 0 Å². The number of hydrogen-bond donors (Lipinski definition) is 1. The second kappa shape index (κ2) is 6.75. The van der Waals surface area contributed by atoms with E-state index >= 15 is 0 Å². The number of benzene rings is 1. The quantitative estimate of drug-likeness (QED) is 0.859. The number of fused-ring (bicyclic) bond motifs is 3. The number of amides is 1. The number of carbonyl (C=O) groups excluding carboxylic acids is 1. The van der Waals surface area contributed by atoms with Crippen molar-refractivity contribution in [3.63, 3.8) is 0 Å². The summed E-state index contributed by atoms with van der Waals surface area (Å²) in [7, 11) is 0. The molecular formula is C18H19ClN2O2S. The van der Waals surface area contributed by atoms with Crippen LogP contribution in [0.25, 0.3) is 10.4 Å². The molecule has 1 amide bonds. The summed E-state index contributed by atoms with van der Waals surface area (Å²) in [5.41, 5.74) is 1.75. The van der Waals surface area contributed by atoms with Crippen molar-refractivity contribution in [2.75, 3.05) is 25.0 Å². The van der Waals surface area contributed by atoms with E-state index in [0.29, 0.717) is 15.9 Å². The highest BCUT2D eigenvalue weighted by atomic mass is 35.5. The van der Waals surface area contributed by atoms with Crippen LogP contribution in [0.15, 0.2) is 36.4 Å². The molecule has 3 aliphatic heterocycles. The Kier molecular flexibility index (Phi) is 4.48. The molecule has 3 aliphatic rings. The molecule has 3 fully saturated rings. The number of ether oxygens (including phenoxy) is 1. The first-order chi connectivity index (χ1) is 11.7. The van der Waals surface area contributed by atoms with Gasteiger partial charge in [0.2, 0.25) is 0 Å². The summed E-state index contributed by atoms with van der Waals surface area (Å²) in [5, 5.41) is 2.88. The van der Waals surface area contributed by atoms with E-state index in [9.17, 15) is 4.79 Å². The van der Waals surface area contributed by atoms with Gasteiger partial charge in [0.15, 0.2) is 0 Å². The molecule has 0 radical (unpaired) electrons. The number of thiophene rings is 1. The van der Waals surface area contributed by atoms with E-state index in [1.165, 1.54) is 11.3 Å². The Labute approximate surface area is 150 Å². The van der Waals surface area contributed by atoms with Gasteiger partial charge in [-0.15, -0.1) is 11.3 Å². The first kappa shape index (κ1) is 15.9. The van der Waals surface area contributed by atoms with Gasteiger partial charge in [0.25, 0.3) is 0 Å². The van der Waals surface area contributed by atoms with Crippen LogP contribution in [-0.2, 0) is 4.74 Å². The Morgan fingerprint density at radius 2 is 2.00 bits per heavy atom. The predicted molar refractivity (Wildman–Crippen MR) is 97.8 cm³/mol. The molecule has 2 aromatic rings. The van der Waals surface area contributed by atoms with Crippen LogP contribution in [-0.4, -0.2) is 36.7 Å². The number of halogens is 1. The zero-order chi connectivity index (χ0) is 16.5. The topological polar surface area (TPSA) is 41.6 Å². The molecule has 0 spiro atoms. The number of hydrogen-bond acceptors (Lipinski definition) is 4. The summed E-state index contributed by atoms with van der Waals surface area (Å²) >= 11 is 7.62. The summed E-state index contributed by atoms with van der Waals surface area (Å²) in [6, 6.07) is 11.7. The molecule has 3 saturated heterocycles. The van der Waals surface area contributed by atoms with E-state index < -0.39 is 0 Å². The third-order valence-corrected chi connectivity index (χ3v) is 6.14. The van der Waals surface area contributed by atoms with E-state index in [4.69, 9.17) is 16.3 Å². The molecule has 126 valence electrons. The SMILES string of the molecule is O=C(Nc1cc(Cl)sc1-c1ccccc1)O[C@H]1CN2CCC1CC2. The highest BCUT2D eigenvalue weighted by molar-refractivity contribution is 7.20. The first-order valence-electron chi connectivity index (χ1n) is 8.24. The molecule has 0 saturated carbocycles. The average molecular weight is 363 g/mol. The molecule has 1 aromatic heterocycles. The predicted octanol–water partition coefficient (Wildman–Crippen LogP) is 4.71. The van der Waals surface area contributed by atoms with Gasteiger partial charge in [0.1, 0.15) is 6.10 Å². The van der Waals surface area contributed by atoms with E-state index in [-0.39, 0.29) is 12.2 Å². The molecule has 1 atom stereocenters. The van der Waals surface area contributed by atoms with Crippen LogP contribution in [0.4, 0.5) is 10.5 Å². The highest BCUT2D eigenvalue weighted by Crippen LogP contribution is 2.39. The Bertz CT molecular complexity index is 726. The number of nitrogens with one attached hydrogen (secondary N) is 1. The number of carbonyl (C=O) groups is 1. The van der Waals surface area contributed by atoms with Crippen molar-refractivity contribution in [1.29, 1.82) is 0 Å². The second-order valence-corrected chi connectivity index (χ2v) is 8.05. The maximum atomic E-state index is 12.4. The van der Waals surface area contributed by atoms with Crippen molar-refractivity contribution >= 4 is 34.7 Å². The maximum absolute atomic E-state index is 12.4. The van der Waals surface area contributed by atoms with Crippen LogP contribution in [0.1, 0.15) is 12.8 Å². The normalized spacial score (nSPS) is 25.5. The smallest absolute Gasteiger partial charge is 0.411 e. The van der Waals surface area contributed by atoms with E-state index in [1.807, 2.05) is 30.3 Å². The minimum atomic E-state index is -0.389. The van der Waals surface area contributed by atoms with Crippen LogP contribution < -0.4 is 5.32 Å². The van der Waals surface area contributed by atoms with E-state index in [0.717, 1.165) is 42.9 Å². The molecule has 5 rings (SSSR count). The molecular weight excluding hydrogens is 344 g/mol. The van der Waals surface area contributed by atoms with Crippen LogP contribution in [0.5, 0.6) is 0 Å². The lowest BCUT2D eigenvalue weighted by Crippen LogP contribution is -2.52. The highest BCUT2D eigenvalue weighted by Gasteiger charge is 2.36. The molecule has 4 heterocycles. The molecule has 4 nitrogen and oxygen atoms in total. The monoisotopic (exact) mass is 362 g/mol. The number of anilines is 1. The molecule has 0 unspecified atom stereocenters. The fraction of sp³-hybridized carbons (Fsp3) is 0.389. The van der Waals surface area contributed by atoms with Crippen LogP contribution in [0.3, 0.4) is 0 Å². The minimum Gasteiger partial charge on any atom is -0.444 e. The lowest BCUT2D eigenvalue weighted by Gasteiger charge is -2.43. The van der Waals surface area contributed by atoms with Crippen molar-refractivity contribution in [1.82, 2.24) is 4.90 Å². The van der Waals surface area contributed by atoms with E-state index in [2.05, 4.69) is 10.2 Å². The van der Waals surface area contributed by atoms with Crippen molar-refractivity contribution in [3.8, 4) is 10.4 Å². The van der Waals surface area contributed by atoms with Crippen LogP contribution >= 0.6 is 22.9 Å². The maximum Gasteiger partial charge on any atom is 0.411 e. The fourth-order valence-electron chi connectivity index (χ4n) is 3.58. The largest absolute Gasteiger partial charge is 0.444 e. The van der Waals surface area contributed by atoms with Gasteiger partial charge in [0.05, 0.1) is 14.9 Å². The van der Waals surface area contributed by atoms with Crippen molar-refractivity contribution in [2.24, 2.45) is 5.92 Å². The lowest BCUT2D eigenvalue weighted by molar-refractivity contribution is -0.0289. The van der Waals surface area contributed by atoms with Gasteiger partial charge >= 0.3 is 6.09 Å². The van der Waals surface area contributed by atoms with Gasteiger partial charge in [-0.05, 0) is 43.5 Å². The molecule has 1 aromatic carbocycles. The second-order valence-electron chi connectivity index (χ2n) is 6.37. The Morgan fingerprint density at radius 3 is 2.67 bits per heavy atom. The molecule has 0 aliphatic carbocycles. The summed E-state index contributed by atoms with van der Waals surface area (Å²) in [6.45, 7) is 3.11. The third kappa shape index (κ3) is 3.29. The van der Waals surface area contributed by atoms with Crippen LogP contribution in [0.2, 0.25) is 4.34 Å². The molecule has 1 N–H and O–H groups in total. The lowest BCUT2D eigenvalue weighted by atomic mass is 9.86. The third-order valence-electron chi connectivity index (χ3n) is 4.83. The van der Waals surface area contributed by atoms with Gasteiger partial charge in [-0.25, -0.2) is 4.79 Å².